The van der Waals surface area contributed by atoms with Crippen LogP contribution in [0.3, 0.4) is 0 Å². The predicted molar refractivity (Wildman–Crippen MR) is 100 cm³/mol. The van der Waals surface area contributed by atoms with E-state index in [2.05, 4.69) is 9.64 Å². The number of benzene rings is 1. The maximum Gasteiger partial charge on any atom is 0.305 e. The van der Waals surface area contributed by atoms with Gasteiger partial charge in [-0.05, 0) is 49.9 Å². The van der Waals surface area contributed by atoms with Gasteiger partial charge in [-0.25, -0.2) is 8.78 Å². The first-order valence-corrected chi connectivity index (χ1v) is 9.92. The molecular formula is C21H28F2N2O3. The first kappa shape index (κ1) is 20.7. The van der Waals surface area contributed by atoms with Gasteiger partial charge in [-0.2, -0.15) is 0 Å². The smallest absolute Gasteiger partial charge is 0.305 e. The first-order valence-electron chi connectivity index (χ1n) is 9.92. The third-order valence-electron chi connectivity index (χ3n) is 5.92. The van der Waals surface area contributed by atoms with Crippen LogP contribution in [0.25, 0.3) is 0 Å². The van der Waals surface area contributed by atoms with Gasteiger partial charge < -0.3 is 9.64 Å². The molecule has 2 aliphatic heterocycles. The summed E-state index contributed by atoms with van der Waals surface area (Å²) >= 11 is 0. The van der Waals surface area contributed by atoms with Crippen molar-refractivity contribution in [3.8, 4) is 0 Å². The molecule has 2 fully saturated rings. The summed E-state index contributed by atoms with van der Waals surface area (Å²) < 4.78 is 31.2. The molecule has 5 nitrogen and oxygen atoms in total. The number of methoxy groups -OCH3 is 1. The molecule has 1 aromatic rings. The summed E-state index contributed by atoms with van der Waals surface area (Å²) in [7, 11) is 1.35. The third-order valence-corrected chi connectivity index (χ3v) is 5.92. The molecule has 2 aliphatic rings. The van der Waals surface area contributed by atoms with Gasteiger partial charge in [0.25, 0.3) is 0 Å². The summed E-state index contributed by atoms with van der Waals surface area (Å²) in [6.45, 7) is 3.85. The highest BCUT2D eigenvalue weighted by molar-refractivity contribution is 5.77. The predicted octanol–water partition coefficient (Wildman–Crippen LogP) is 3.12. The van der Waals surface area contributed by atoms with Crippen LogP contribution in [0.15, 0.2) is 18.2 Å². The van der Waals surface area contributed by atoms with Crippen molar-refractivity contribution >= 4 is 11.9 Å². The van der Waals surface area contributed by atoms with Crippen molar-refractivity contribution in [2.75, 3.05) is 33.3 Å². The number of carbonyl (C=O) groups is 2. The maximum atomic E-state index is 13.5. The molecule has 0 aliphatic carbocycles. The van der Waals surface area contributed by atoms with Crippen molar-refractivity contribution in [1.82, 2.24) is 9.80 Å². The molecule has 1 amide bonds. The normalized spacial score (nSPS) is 22.6. The lowest BCUT2D eigenvalue weighted by Gasteiger charge is -2.40. The van der Waals surface area contributed by atoms with Crippen LogP contribution in [0, 0.1) is 17.0 Å². The van der Waals surface area contributed by atoms with E-state index < -0.39 is 11.6 Å². The Kier molecular flexibility index (Phi) is 6.65. The maximum absolute atomic E-state index is 13.5. The second-order valence-electron chi connectivity index (χ2n) is 8.06. The van der Waals surface area contributed by atoms with Gasteiger partial charge >= 0.3 is 5.97 Å². The molecule has 2 heterocycles. The van der Waals surface area contributed by atoms with Crippen LogP contribution in [0.1, 0.15) is 44.1 Å². The average molecular weight is 394 g/mol. The molecule has 0 radical (unpaired) electrons. The minimum absolute atomic E-state index is 0.0782. The van der Waals surface area contributed by atoms with Crippen molar-refractivity contribution in [2.45, 2.75) is 45.1 Å². The number of piperidine rings is 1. The number of halogens is 2. The van der Waals surface area contributed by atoms with Crippen molar-refractivity contribution in [2.24, 2.45) is 5.41 Å². The molecule has 154 valence electrons. The van der Waals surface area contributed by atoms with Crippen molar-refractivity contribution in [3.63, 3.8) is 0 Å². The largest absolute Gasteiger partial charge is 0.469 e. The van der Waals surface area contributed by atoms with Gasteiger partial charge in [0.2, 0.25) is 5.91 Å². The van der Waals surface area contributed by atoms with Crippen LogP contribution in [0.2, 0.25) is 0 Å². The number of nitrogens with zero attached hydrogens (tertiary/aromatic N) is 2. The second kappa shape index (κ2) is 8.99. The van der Waals surface area contributed by atoms with Gasteiger partial charge in [0.15, 0.2) is 11.6 Å². The standard InChI is InChI=1S/C21H28F2N2O3/c1-28-20(27)5-2-4-19(26)25-11-9-21(15-25)8-3-10-24(14-21)13-16-6-7-17(22)18(23)12-16/h6-7,12H,2-5,8-11,13-15H2,1H3/t21-/m1/s1. The summed E-state index contributed by atoms with van der Waals surface area (Å²) in [6, 6.07) is 4.07. The van der Waals surface area contributed by atoms with Crippen LogP contribution >= 0.6 is 0 Å². The molecule has 0 unspecified atom stereocenters. The quantitative estimate of drug-likeness (QED) is 0.696. The number of rotatable bonds is 6. The summed E-state index contributed by atoms with van der Waals surface area (Å²) in [5.74, 6) is -1.82. The van der Waals surface area contributed by atoms with Crippen molar-refractivity contribution < 1.29 is 23.1 Å². The van der Waals surface area contributed by atoms with E-state index in [1.165, 1.54) is 19.2 Å². The summed E-state index contributed by atoms with van der Waals surface area (Å²) in [5, 5.41) is 0. The van der Waals surface area contributed by atoms with Crippen molar-refractivity contribution in [1.29, 1.82) is 0 Å². The molecule has 28 heavy (non-hydrogen) atoms. The highest BCUT2D eigenvalue weighted by atomic mass is 19.2. The fraction of sp³-hybridized carbons (Fsp3) is 0.619. The van der Waals surface area contributed by atoms with Gasteiger partial charge in [-0.15, -0.1) is 0 Å². The Bertz CT molecular complexity index is 728. The molecule has 1 atom stereocenters. The lowest BCUT2D eigenvalue weighted by molar-refractivity contribution is -0.140. The summed E-state index contributed by atoms with van der Waals surface area (Å²) in [6.07, 6.45) is 4.22. The highest BCUT2D eigenvalue weighted by Crippen LogP contribution is 2.39. The van der Waals surface area contributed by atoms with E-state index in [4.69, 9.17) is 0 Å². The van der Waals surface area contributed by atoms with Crippen molar-refractivity contribution in [3.05, 3.63) is 35.4 Å². The molecule has 7 heteroatoms. The van der Waals surface area contributed by atoms with Crippen LogP contribution in [-0.4, -0.2) is 55.0 Å². The number of amides is 1. The molecule has 3 rings (SSSR count). The van der Waals surface area contributed by atoms with Crippen LogP contribution < -0.4 is 0 Å². The van der Waals surface area contributed by atoms with E-state index in [9.17, 15) is 18.4 Å². The Balaban J connectivity index is 1.52. The van der Waals surface area contributed by atoms with Crippen LogP contribution in [0.5, 0.6) is 0 Å². The Labute approximate surface area is 164 Å². The number of hydrogen-bond acceptors (Lipinski definition) is 4. The zero-order valence-electron chi connectivity index (χ0n) is 16.4. The topological polar surface area (TPSA) is 49.9 Å². The zero-order valence-corrected chi connectivity index (χ0v) is 16.4. The SMILES string of the molecule is COC(=O)CCCC(=O)N1CC[C@@]2(CCCN(Cc3ccc(F)c(F)c3)C2)C1. The summed E-state index contributed by atoms with van der Waals surface area (Å²) in [5.41, 5.74) is 0.846. The second-order valence-corrected chi connectivity index (χ2v) is 8.06. The van der Waals surface area contributed by atoms with Gasteiger partial charge in [-0.3, -0.25) is 14.5 Å². The summed E-state index contributed by atoms with van der Waals surface area (Å²) in [4.78, 5) is 27.8. The number of carbonyl (C=O) groups excluding carboxylic acids is 2. The first-order chi connectivity index (χ1) is 13.4. The highest BCUT2D eigenvalue weighted by Gasteiger charge is 2.42. The van der Waals surface area contributed by atoms with E-state index in [1.54, 1.807) is 6.07 Å². The lowest BCUT2D eigenvalue weighted by Crippen LogP contribution is -2.45. The van der Waals surface area contributed by atoms with E-state index in [1.807, 2.05) is 4.90 Å². The number of likely N-dealkylation sites (tertiary alicyclic amines) is 2. The monoisotopic (exact) mass is 394 g/mol. The van der Waals surface area contributed by atoms with Crippen LogP contribution in [-0.2, 0) is 20.9 Å². The van der Waals surface area contributed by atoms with E-state index in [0.29, 0.717) is 19.4 Å². The molecule has 1 aromatic carbocycles. The Morgan fingerprint density at radius 3 is 2.68 bits per heavy atom. The Morgan fingerprint density at radius 1 is 1.11 bits per heavy atom. The molecule has 0 aromatic heterocycles. The van der Waals surface area contributed by atoms with E-state index in [-0.39, 0.29) is 23.7 Å². The Morgan fingerprint density at radius 2 is 1.93 bits per heavy atom. The molecule has 2 saturated heterocycles. The molecule has 0 bridgehead atoms. The van der Waals surface area contributed by atoms with Gasteiger partial charge in [0, 0.05) is 44.4 Å². The lowest BCUT2D eigenvalue weighted by atomic mass is 9.79. The minimum Gasteiger partial charge on any atom is -0.469 e. The fourth-order valence-electron chi connectivity index (χ4n) is 4.47. The zero-order chi connectivity index (χ0) is 20.1. The third kappa shape index (κ3) is 5.07. The van der Waals surface area contributed by atoms with Crippen LogP contribution in [0.4, 0.5) is 8.78 Å². The number of esters is 1. The average Bonchev–Trinajstić information content (AvgIpc) is 3.07. The van der Waals surface area contributed by atoms with E-state index >= 15 is 0 Å². The Hall–Kier alpha value is -2.02. The number of ether oxygens (including phenoxy) is 1. The fourth-order valence-corrected chi connectivity index (χ4v) is 4.47. The van der Waals surface area contributed by atoms with Gasteiger partial charge in [0.1, 0.15) is 0 Å². The molecular weight excluding hydrogens is 366 g/mol. The number of hydrogen-bond donors (Lipinski definition) is 0. The van der Waals surface area contributed by atoms with Gasteiger partial charge in [0.05, 0.1) is 7.11 Å². The molecule has 0 saturated carbocycles. The van der Waals surface area contributed by atoms with Gasteiger partial charge in [-0.1, -0.05) is 6.07 Å². The molecule has 0 N–H and O–H groups in total. The van der Waals surface area contributed by atoms with E-state index in [0.717, 1.165) is 51.0 Å². The molecule has 1 spiro atoms. The minimum atomic E-state index is -0.823.